The highest BCUT2D eigenvalue weighted by Crippen LogP contribution is 2.32. The van der Waals surface area contributed by atoms with Crippen LogP contribution in [0.5, 0.6) is 0 Å². The molecule has 4 aromatic rings. The van der Waals surface area contributed by atoms with Gasteiger partial charge in [0, 0.05) is 61.8 Å². The summed E-state index contributed by atoms with van der Waals surface area (Å²) in [6, 6.07) is 36.7. The molecule has 358 valence electrons. The third kappa shape index (κ3) is 14.0. The van der Waals surface area contributed by atoms with Gasteiger partial charge in [-0.1, -0.05) is 74.5 Å². The monoisotopic (exact) mass is 907 g/mol. The maximum atomic E-state index is 14.4. The van der Waals surface area contributed by atoms with E-state index in [1.807, 2.05) is 74.8 Å². The van der Waals surface area contributed by atoms with E-state index in [-0.39, 0.29) is 11.6 Å². The third-order valence-electron chi connectivity index (χ3n) is 13.4. The molecule has 12 heteroatoms. The minimum atomic E-state index is -0.725. The molecule has 2 saturated heterocycles. The zero-order chi connectivity index (χ0) is 46.5. The molecule has 0 amide bonds. The number of hydrogen-bond acceptors (Lipinski definition) is 12. The van der Waals surface area contributed by atoms with E-state index in [1.54, 1.807) is 0 Å². The molecule has 6 rings (SSSR count). The third-order valence-corrected chi connectivity index (χ3v) is 13.4. The standard InChI is InChI=1S/C54H74N4O8/c1-5-53(43-45-13-9-7-10-14-45,51(59)47-17-21-49(22-18-47)57-27-33-61-34-28-57)55(3)25-31-63-37-39-65-41-42-66-40-38-64-32-26-56(4)54(6-2,44-46-15-11-8-12-16-46)52(60)48-19-23-50(24-20-48)58-29-35-62-36-30-58/h7-24H,5-6,25-44H2,1-4H3. The highest BCUT2D eigenvalue weighted by molar-refractivity contribution is 6.04. The van der Waals surface area contributed by atoms with Gasteiger partial charge in [0.25, 0.3) is 0 Å². The molecule has 2 aliphatic rings. The lowest BCUT2D eigenvalue weighted by Gasteiger charge is -2.40. The molecule has 2 fully saturated rings. The summed E-state index contributed by atoms with van der Waals surface area (Å²) < 4.78 is 34.6. The van der Waals surface area contributed by atoms with E-state index in [2.05, 4.69) is 82.0 Å². The second-order valence-corrected chi connectivity index (χ2v) is 17.3. The lowest BCUT2D eigenvalue weighted by molar-refractivity contribution is -0.0102. The van der Waals surface area contributed by atoms with Crippen molar-refractivity contribution >= 4 is 22.9 Å². The zero-order valence-electron chi connectivity index (χ0n) is 40.0. The Hall–Kier alpha value is -4.50. The van der Waals surface area contributed by atoms with Crippen molar-refractivity contribution in [1.29, 1.82) is 0 Å². The Morgan fingerprint density at radius 3 is 1.12 bits per heavy atom. The van der Waals surface area contributed by atoms with Gasteiger partial charge in [0.15, 0.2) is 11.6 Å². The van der Waals surface area contributed by atoms with E-state index in [0.29, 0.717) is 91.6 Å². The van der Waals surface area contributed by atoms with Crippen molar-refractivity contribution in [1.82, 2.24) is 9.80 Å². The van der Waals surface area contributed by atoms with Crippen molar-refractivity contribution in [3.8, 4) is 0 Å². The number of carbonyl (C=O) groups excluding carboxylic acids is 2. The van der Waals surface area contributed by atoms with Crippen LogP contribution in [0.15, 0.2) is 109 Å². The molecule has 2 aliphatic heterocycles. The summed E-state index contributed by atoms with van der Waals surface area (Å²) in [4.78, 5) is 37.8. The average Bonchev–Trinajstić information content (AvgIpc) is 3.38. The van der Waals surface area contributed by atoms with Gasteiger partial charge in [0.05, 0.1) is 90.4 Å². The smallest absolute Gasteiger partial charge is 0.183 e. The van der Waals surface area contributed by atoms with Crippen LogP contribution < -0.4 is 9.80 Å². The van der Waals surface area contributed by atoms with E-state index >= 15 is 0 Å². The molecule has 0 spiro atoms. The number of benzene rings is 4. The Labute approximate surface area is 394 Å². The lowest BCUT2D eigenvalue weighted by Crippen LogP contribution is -2.55. The van der Waals surface area contributed by atoms with Gasteiger partial charge in [0.2, 0.25) is 0 Å². The first-order chi connectivity index (χ1) is 32.3. The molecule has 0 aliphatic carbocycles. The first kappa shape index (κ1) is 50.9. The van der Waals surface area contributed by atoms with Crippen LogP contribution in [-0.2, 0) is 41.3 Å². The minimum absolute atomic E-state index is 0.122. The van der Waals surface area contributed by atoms with E-state index in [0.717, 1.165) is 86.2 Å². The summed E-state index contributed by atoms with van der Waals surface area (Å²) in [5.41, 5.74) is 4.48. The number of ether oxygens (including phenoxy) is 6. The largest absolute Gasteiger partial charge is 0.378 e. The summed E-state index contributed by atoms with van der Waals surface area (Å²) in [5.74, 6) is 0.245. The number of nitrogens with zero attached hydrogens (tertiary/aromatic N) is 4. The zero-order valence-corrected chi connectivity index (χ0v) is 40.0. The normalized spacial score (nSPS) is 16.3. The maximum Gasteiger partial charge on any atom is 0.183 e. The Morgan fingerprint density at radius 2 is 0.803 bits per heavy atom. The van der Waals surface area contributed by atoms with Gasteiger partial charge < -0.3 is 38.2 Å². The molecule has 0 saturated carbocycles. The topological polar surface area (TPSA) is 102 Å². The van der Waals surface area contributed by atoms with Crippen molar-refractivity contribution in [3.05, 3.63) is 131 Å². The predicted molar refractivity (Wildman–Crippen MR) is 262 cm³/mol. The summed E-state index contributed by atoms with van der Waals surface area (Å²) in [6.45, 7) is 15.4. The number of rotatable bonds is 29. The summed E-state index contributed by atoms with van der Waals surface area (Å²) >= 11 is 0. The average molecular weight is 907 g/mol. The second-order valence-electron chi connectivity index (χ2n) is 17.3. The summed E-state index contributed by atoms with van der Waals surface area (Å²) in [7, 11) is 4.06. The Kier molecular flexibility index (Phi) is 20.6. The molecular formula is C54H74N4O8. The molecule has 0 aromatic heterocycles. The van der Waals surface area contributed by atoms with E-state index in [1.165, 1.54) is 0 Å². The summed E-state index contributed by atoms with van der Waals surface area (Å²) in [6.07, 6.45) is 2.54. The fourth-order valence-electron chi connectivity index (χ4n) is 9.18. The number of morpholine rings is 2. The Balaban J connectivity index is 0.883. The van der Waals surface area contributed by atoms with Crippen LogP contribution in [0.1, 0.15) is 58.5 Å². The predicted octanol–water partition coefficient (Wildman–Crippen LogP) is 7.14. The molecule has 0 N–H and O–H groups in total. The lowest BCUT2D eigenvalue weighted by atomic mass is 9.80. The second kappa shape index (κ2) is 26.7. The minimum Gasteiger partial charge on any atom is -0.378 e. The van der Waals surface area contributed by atoms with Crippen LogP contribution in [0.4, 0.5) is 11.4 Å². The van der Waals surface area contributed by atoms with Crippen molar-refractivity contribution in [2.24, 2.45) is 0 Å². The molecule has 0 radical (unpaired) electrons. The van der Waals surface area contributed by atoms with Crippen LogP contribution in [0.2, 0.25) is 0 Å². The Bertz CT molecular complexity index is 1850. The molecule has 0 bridgehead atoms. The molecule has 2 unspecified atom stereocenters. The molecule has 2 heterocycles. The van der Waals surface area contributed by atoms with Crippen molar-refractivity contribution in [3.63, 3.8) is 0 Å². The van der Waals surface area contributed by atoms with Gasteiger partial charge in [-0.2, -0.15) is 0 Å². The van der Waals surface area contributed by atoms with Crippen LogP contribution >= 0.6 is 0 Å². The van der Waals surface area contributed by atoms with E-state index in [9.17, 15) is 9.59 Å². The number of likely N-dealkylation sites (N-methyl/N-ethyl adjacent to an activating group) is 2. The van der Waals surface area contributed by atoms with Crippen LogP contribution in [0.25, 0.3) is 0 Å². The highest BCUT2D eigenvalue weighted by Gasteiger charge is 2.42. The number of carbonyl (C=O) groups is 2. The Morgan fingerprint density at radius 1 is 0.485 bits per heavy atom. The van der Waals surface area contributed by atoms with Crippen LogP contribution in [-0.4, -0.2) is 165 Å². The fourth-order valence-corrected chi connectivity index (χ4v) is 9.18. The number of ketones is 2. The molecule has 2 atom stereocenters. The van der Waals surface area contributed by atoms with Crippen LogP contribution in [0, 0.1) is 0 Å². The maximum absolute atomic E-state index is 14.4. The quantitative estimate of drug-likeness (QED) is 0.0409. The van der Waals surface area contributed by atoms with Crippen molar-refractivity contribution in [2.45, 2.75) is 50.6 Å². The van der Waals surface area contributed by atoms with E-state index < -0.39 is 11.1 Å². The van der Waals surface area contributed by atoms with Gasteiger partial charge in [-0.05, 0) is 99.4 Å². The van der Waals surface area contributed by atoms with Crippen molar-refractivity contribution in [2.75, 3.05) is 142 Å². The molecule has 12 nitrogen and oxygen atoms in total. The van der Waals surface area contributed by atoms with Gasteiger partial charge in [0.1, 0.15) is 0 Å². The number of Topliss-reactive ketones (excluding diaryl/α,β-unsaturated/α-hetero) is 2. The van der Waals surface area contributed by atoms with E-state index in [4.69, 9.17) is 28.4 Å². The van der Waals surface area contributed by atoms with Gasteiger partial charge in [-0.3, -0.25) is 19.4 Å². The number of anilines is 2. The molecular weight excluding hydrogens is 833 g/mol. The SMILES string of the molecule is CCC(Cc1ccccc1)(C(=O)c1ccc(N2CCOCC2)cc1)N(C)CCOCCOCCOCCOCCN(C)C(CC)(Cc1ccccc1)C(=O)c1ccc(N2CCOCC2)cc1. The number of hydrogen-bond donors (Lipinski definition) is 0. The summed E-state index contributed by atoms with van der Waals surface area (Å²) in [5, 5.41) is 0. The highest BCUT2D eigenvalue weighted by atomic mass is 16.6. The van der Waals surface area contributed by atoms with Gasteiger partial charge >= 0.3 is 0 Å². The fraction of sp³-hybridized carbons (Fsp3) is 0.519. The van der Waals surface area contributed by atoms with Crippen molar-refractivity contribution < 1.29 is 38.0 Å². The molecule has 66 heavy (non-hydrogen) atoms. The van der Waals surface area contributed by atoms with Gasteiger partial charge in [-0.25, -0.2) is 0 Å². The first-order valence-corrected chi connectivity index (χ1v) is 24.1. The van der Waals surface area contributed by atoms with Crippen LogP contribution in [0.3, 0.4) is 0 Å². The van der Waals surface area contributed by atoms with Gasteiger partial charge in [-0.15, -0.1) is 0 Å². The first-order valence-electron chi connectivity index (χ1n) is 24.1. The molecule has 4 aromatic carbocycles.